The fourth-order valence-electron chi connectivity index (χ4n) is 1.90. The third-order valence-corrected chi connectivity index (χ3v) is 2.65. The van der Waals surface area contributed by atoms with Crippen LogP contribution in [-0.4, -0.2) is 38.0 Å². The van der Waals surface area contributed by atoms with Crippen LogP contribution in [0.25, 0.3) is 0 Å². The lowest BCUT2D eigenvalue weighted by Crippen LogP contribution is -2.60. The quantitative estimate of drug-likeness (QED) is 0.678. The maximum Gasteiger partial charge on any atom is 0.0990 e. The molecule has 84 valence electrons. The van der Waals surface area contributed by atoms with Crippen LogP contribution in [0.2, 0.25) is 0 Å². The SMILES string of the molecule is CCCNC1CC(OCC)C1OCC. The molecule has 0 amide bonds. The Bertz CT molecular complexity index is 152. The van der Waals surface area contributed by atoms with E-state index in [1.165, 1.54) is 6.42 Å². The number of hydrogen-bond donors (Lipinski definition) is 1. The minimum absolute atomic E-state index is 0.270. The molecule has 1 N–H and O–H groups in total. The van der Waals surface area contributed by atoms with Crippen LogP contribution in [0.1, 0.15) is 33.6 Å². The summed E-state index contributed by atoms with van der Waals surface area (Å²) in [7, 11) is 0. The molecule has 0 spiro atoms. The summed E-state index contributed by atoms with van der Waals surface area (Å²) in [6.07, 6.45) is 2.86. The first-order valence-corrected chi connectivity index (χ1v) is 5.80. The van der Waals surface area contributed by atoms with Gasteiger partial charge in [-0.25, -0.2) is 0 Å². The molecule has 0 radical (unpaired) electrons. The third kappa shape index (κ3) is 2.94. The Morgan fingerprint density at radius 2 is 1.86 bits per heavy atom. The van der Waals surface area contributed by atoms with Crippen molar-refractivity contribution >= 4 is 0 Å². The Hall–Kier alpha value is -0.120. The van der Waals surface area contributed by atoms with Gasteiger partial charge < -0.3 is 14.8 Å². The molecule has 0 aromatic carbocycles. The molecule has 1 aliphatic rings. The Labute approximate surface area is 87.2 Å². The van der Waals surface area contributed by atoms with Crippen molar-refractivity contribution < 1.29 is 9.47 Å². The minimum atomic E-state index is 0.270. The molecule has 1 rings (SSSR count). The van der Waals surface area contributed by atoms with E-state index in [1.54, 1.807) is 0 Å². The second kappa shape index (κ2) is 6.38. The molecule has 0 heterocycles. The van der Waals surface area contributed by atoms with Crippen molar-refractivity contribution in [2.75, 3.05) is 19.8 Å². The summed E-state index contributed by atoms with van der Waals surface area (Å²) in [4.78, 5) is 0. The standard InChI is InChI=1S/C11H23NO2/c1-4-7-12-9-8-10(13-5-2)11(9)14-6-3/h9-12H,4-8H2,1-3H3. The van der Waals surface area contributed by atoms with Crippen molar-refractivity contribution in [1.29, 1.82) is 0 Å². The highest BCUT2D eigenvalue weighted by Gasteiger charge is 2.41. The summed E-state index contributed by atoms with van der Waals surface area (Å²) < 4.78 is 11.3. The highest BCUT2D eigenvalue weighted by molar-refractivity contribution is 4.97. The zero-order chi connectivity index (χ0) is 10.4. The molecule has 1 saturated carbocycles. The van der Waals surface area contributed by atoms with Gasteiger partial charge in [0.2, 0.25) is 0 Å². The van der Waals surface area contributed by atoms with E-state index < -0.39 is 0 Å². The molecular weight excluding hydrogens is 178 g/mol. The highest BCUT2D eigenvalue weighted by atomic mass is 16.5. The second-order valence-corrected chi connectivity index (χ2v) is 3.71. The van der Waals surface area contributed by atoms with Crippen LogP contribution in [0.4, 0.5) is 0 Å². The molecule has 0 aromatic heterocycles. The van der Waals surface area contributed by atoms with Gasteiger partial charge in [-0.15, -0.1) is 0 Å². The number of nitrogens with one attached hydrogen (secondary N) is 1. The zero-order valence-corrected chi connectivity index (χ0v) is 9.58. The topological polar surface area (TPSA) is 30.5 Å². The summed E-state index contributed by atoms with van der Waals surface area (Å²) in [5.74, 6) is 0. The predicted molar refractivity (Wildman–Crippen MR) is 57.5 cm³/mol. The molecule has 3 heteroatoms. The molecule has 1 fully saturated rings. The molecule has 0 aliphatic heterocycles. The average Bonchev–Trinajstić information content (AvgIpc) is 2.19. The lowest BCUT2D eigenvalue weighted by Gasteiger charge is -2.44. The molecule has 14 heavy (non-hydrogen) atoms. The lowest BCUT2D eigenvalue weighted by molar-refractivity contribution is -0.142. The molecule has 0 aromatic rings. The Balaban J connectivity index is 2.25. The van der Waals surface area contributed by atoms with Crippen LogP contribution >= 0.6 is 0 Å². The van der Waals surface area contributed by atoms with Gasteiger partial charge >= 0.3 is 0 Å². The maximum absolute atomic E-state index is 5.67. The Kier molecular flexibility index (Phi) is 5.45. The summed E-state index contributed by atoms with van der Waals surface area (Å²) in [6, 6.07) is 0.506. The van der Waals surface area contributed by atoms with Crippen molar-refractivity contribution in [3.63, 3.8) is 0 Å². The molecule has 0 saturated heterocycles. The summed E-state index contributed by atoms with van der Waals surface area (Å²) in [5, 5.41) is 3.49. The van der Waals surface area contributed by atoms with E-state index in [9.17, 15) is 0 Å². The van der Waals surface area contributed by atoms with E-state index in [1.807, 2.05) is 13.8 Å². The van der Waals surface area contributed by atoms with E-state index >= 15 is 0 Å². The number of hydrogen-bond acceptors (Lipinski definition) is 3. The first-order valence-electron chi connectivity index (χ1n) is 5.80. The van der Waals surface area contributed by atoms with Crippen LogP contribution < -0.4 is 5.32 Å². The van der Waals surface area contributed by atoms with Crippen LogP contribution in [0, 0.1) is 0 Å². The summed E-state index contributed by atoms with van der Waals surface area (Å²) in [5.41, 5.74) is 0. The Morgan fingerprint density at radius 3 is 2.43 bits per heavy atom. The van der Waals surface area contributed by atoms with E-state index in [0.29, 0.717) is 12.1 Å². The Morgan fingerprint density at radius 1 is 1.14 bits per heavy atom. The van der Waals surface area contributed by atoms with Gasteiger partial charge in [0.25, 0.3) is 0 Å². The number of ether oxygens (including phenoxy) is 2. The molecular formula is C11H23NO2. The van der Waals surface area contributed by atoms with Gasteiger partial charge in [0.1, 0.15) is 0 Å². The first kappa shape index (κ1) is 12.0. The van der Waals surface area contributed by atoms with Gasteiger partial charge in [-0.2, -0.15) is 0 Å². The van der Waals surface area contributed by atoms with Crippen LogP contribution in [0.3, 0.4) is 0 Å². The highest BCUT2D eigenvalue weighted by Crippen LogP contribution is 2.27. The van der Waals surface area contributed by atoms with Gasteiger partial charge in [0.15, 0.2) is 0 Å². The summed E-state index contributed by atoms with van der Waals surface area (Å²) in [6.45, 7) is 8.90. The van der Waals surface area contributed by atoms with Crippen molar-refractivity contribution in [3.05, 3.63) is 0 Å². The van der Waals surface area contributed by atoms with Gasteiger partial charge in [-0.3, -0.25) is 0 Å². The zero-order valence-electron chi connectivity index (χ0n) is 9.58. The monoisotopic (exact) mass is 201 g/mol. The van der Waals surface area contributed by atoms with Crippen LogP contribution in [-0.2, 0) is 9.47 Å². The van der Waals surface area contributed by atoms with E-state index in [0.717, 1.165) is 26.2 Å². The first-order chi connectivity index (χ1) is 6.83. The smallest absolute Gasteiger partial charge is 0.0990 e. The maximum atomic E-state index is 5.67. The third-order valence-electron chi connectivity index (χ3n) is 2.65. The second-order valence-electron chi connectivity index (χ2n) is 3.71. The molecule has 1 aliphatic carbocycles. The largest absolute Gasteiger partial charge is 0.376 e. The number of rotatable bonds is 7. The van der Waals surface area contributed by atoms with Gasteiger partial charge in [0, 0.05) is 19.3 Å². The van der Waals surface area contributed by atoms with Crippen molar-refractivity contribution in [2.24, 2.45) is 0 Å². The fraction of sp³-hybridized carbons (Fsp3) is 1.00. The predicted octanol–water partition coefficient (Wildman–Crippen LogP) is 1.57. The van der Waals surface area contributed by atoms with Crippen LogP contribution in [0.5, 0.6) is 0 Å². The van der Waals surface area contributed by atoms with Crippen LogP contribution in [0.15, 0.2) is 0 Å². The normalized spacial score (nSPS) is 31.5. The van der Waals surface area contributed by atoms with Gasteiger partial charge in [-0.05, 0) is 33.2 Å². The molecule has 3 nitrogen and oxygen atoms in total. The molecule has 3 atom stereocenters. The van der Waals surface area contributed by atoms with Crippen molar-refractivity contribution in [2.45, 2.75) is 51.9 Å². The minimum Gasteiger partial charge on any atom is -0.376 e. The molecule has 0 bridgehead atoms. The fourth-order valence-corrected chi connectivity index (χ4v) is 1.90. The summed E-state index contributed by atoms with van der Waals surface area (Å²) >= 11 is 0. The van der Waals surface area contributed by atoms with Crippen molar-refractivity contribution in [3.8, 4) is 0 Å². The van der Waals surface area contributed by atoms with E-state index in [-0.39, 0.29) is 6.10 Å². The van der Waals surface area contributed by atoms with Gasteiger partial charge in [-0.1, -0.05) is 6.92 Å². The van der Waals surface area contributed by atoms with E-state index in [2.05, 4.69) is 12.2 Å². The average molecular weight is 201 g/mol. The lowest BCUT2D eigenvalue weighted by atomic mass is 9.85. The van der Waals surface area contributed by atoms with Crippen molar-refractivity contribution in [1.82, 2.24) is 5.32 Å². The molecule has 3 unspecified atom stereocenters. The van der Waals surface area contributed by atoms with Gasteiger partial charge in [0.05, 0.1) is 12.2 Å². The van der Waals surface area contributed by atoms with E-state index in [4.69, 9.17) is 9.47 Å².